The van der Waals surface area contributed by atoms with Crippen molar-refractivity contribution in [1.29, 1.82) is 0 Å². The molecule has 1 N–H and O–H groups in total. The highest BCUT2D eigenvalue weighted by Gasteiger charge is 2.39. The second kappa shape index (κ2) is 5.61. The van der Waals surface area contributed by atoms with Crippen LogP contribution in [0.5, 0.6) is 0 Å². The molecule has 0 aromatic carbocycles. The van der Waals surface area contributed by atoms with Gasteiger partial charge in [0.2, 0.25) is 0 Å². The summed E-state index contributed by atoms with van der Waals surface area (Å²) in [7, 11) is 0. The van der Waals surface area contributed by atoms with Crippen LogP contribution >= 0.6 is 0 Å². The normalized spacial score (nSPS) is 23.4. The van der Waals surface area contributed by atoms with Gasteiger partial charge in [0.05, 0.1) is 6.42 Å². The van der Waals surface area contributed by atoms with E-state index in [4.69, 9.17) is 0 Å². The Morgan fingerprint density at radius 1 is 1.56 bits per heavy atom. The average Bonchev–Trinajstić information content (AvgIpc) is 3.00. The topological polar surface area (TPSA) is 59.8 Å². The van der Waals surface area contributed by atoms with E-state index in [1.54, 1.807) is 6.33 Å². The van der Waals surface area contributed by atoms with E-state index < -0.39 is 0 Å². The van der Waals surface area contributed by atoms with Crippen LogP contribution in [0.1, 0.15) is 38.9 Å². The fourth-order valence-corrected chi connectivity index (χ4v) is 2.64. The van der Waals surface area contributed by atoms with Gasteiger partial charge < -0.3 is 5.32 Å². The van der Waals surface area contributed by atoms with E-state index in [1.807, 2.05) is 4.68 Å². The predicted molar refractivity (Wildman–Crippen MR) is 69.2 cm³/mol. The Bertz CT molecular complexity index is 407. The van der Waals surface area contributed by atoms with E-state index in [2.05, 4.69) is 29.2 Å². The SMILES string of the molecule is CCCn1ncnc1CC(=O)C1(CC)CCNC1. The molecule has 0 radical (unpaired) electrons. The number of carbonyl (C=O) groups is 1. The van der Waals surface area contributed by atoms with E-state index in [0.29, 0.717) is 12.2 Å². The largest absolute Gasteiger partial charge is 0.316 e. The van der Waals surface area contributed by atoms with Crippen molar-refractivity contribution in [2.45, 2.75) is 46.1 Å². The summed E-state index contributed by atoms with van der Waals surface area (Å²) in [6.07, 6.45) is 4.81. The zero-order chi connectivity index (χ0) is 13.0. The van der Waals surface area contributed by atoms with Crippen molar-refractivity contribution in [2.75, 3.05) is 13.1 Å². The maximum Gasteiger partial charge on any atom is 0.147 e. The number of rotatable bonds is 6. The van der Waals surface area contributed by atoms with Crippen molar-refractivity contribution in [3.8, 4) is 0 Å². The van der Waals surface area contributed by atoms with Crippen molar-refractivity contribution >= 4 is 5.78 Å². The third-order valence-corrected chi connectivity index (χ3v) is 3.96. The first kappa shape index (κ1) is 13.2. The molecular weight excluding hydrogens is 228 g/mol. The van der Waals surface area contributed by atoms with Crippen LogP contribution in [0.15, 0.2) is 6.33 Å². The van der Waals surface area contributed by atoms with Gasteiger partial charge in [-0.15, -0.1) is 0 Å². The van der Waals surface area contributed by atoms with Crippen LogP contribution in [0.2, 0.25) is 0 Å². The number of nitrogens with one attached hydrogen (secondary N) is 1. The van der Waals surface area contributed by atoms with Gasteiger partial charge >= 0.3 is 0 Å². The van der Waals surface area contributed by atoms with Gasteiger partial charge in [0.15, 0.2) is 0 Å². The Morgan fingerprint density at radius 2 is 2.39 bits per heavy atom. The van der Waals surface area contributed by atoms with Gasteiger partial charge in [-0.1, -0.05) is 13.8 Å². The summed E-state index contributed by atoms with van der Waals surface area (Å²) < 4.78 is 1.85. The maximum absolute atomic E-state index is 12.5. The first-order chi connectivity index (χ1) is 8.72. The molecule has 5 nitrogen and oxygen atoms in total. The number of Topliss-reactive ketones (excluding diaryl/α,β-unsaturated/α-hetero) is 1. The van der Waals surface area contributed by atoms with Crippen molar-refractivity contribution in [3.05, 3.63) is 12.2 Å². The first-order valence-corrected chi connectivity index (χ1v) is 6.82. The monoisotopic (exact) mass is 250 g/mol. The summed E-state index contributed by atoms with van der Waals surface area (Å²) in [4.78, 5) is 16.7. The highest BCUT2D eigenvalue weighted by molar-refractivity contribution is 5.86. The fraction of sp³-hybridized carbons (Fsp3) is 0.769. The maximum atomic E-state index is 12.5. The molecule has 5 heteroatoms. The summed E-state index contributed by atoms with van der Waals surface area (Å²) in [5, 5.41) is 7.47. The molecule has 1 aromatic rings. The Hall–Kier alpha value is -1.23. The van der Waals surface area contributed by atoms with Gasteiger partial charge in [0.1, 0.15) is 17.9 Å². The lowest BCUT2D eigenvalue weighted by Gasteiger charge is -2.24. The van der Waals surface area contributed by atoms with Crippen LogP contribution in [0, 0.1) is 5.41 Å². The molecule has 1 atom stereocenters. The van der Waals surface area contributed by atoms with Gasteiger partial charge in [0, 0.05) is 18.5 Å². The number of aryl methyl sites for hydroxylation is 1. The Balaban J connectivity index is 2.08. The molecule has 1 fully saturated rings. The minimum atomic E-state index is -0.178. The van der Waals surface area contributed by atoms with Gasteiger partial charge in [-0.05, 0) is 25.8 Å². The van der Waals surface area contributed by atoms with Gasteiger partial charge in [-0.25, -0.2) is 9.67 Å². The number of aromatic nitrogens is 3. The Labute approximate surface area is 108 Å². The second-order valence-corrected chi connectivity index (χ2v) is 5.06. The molecule has 2 rings (SSSR count). The molecular formula is C13H22N4O. The van der Waals surface area contributed by atoms with E-state index >= 15 is 0 Å². The molecule has 0 saturated carbocycles. The summed E-state index contributed by atoms with van der Waals surface area (Å²) >= 11 is 0. The molecule has 0 aliphatic carbocycles. The fourth-order valence-electron chi connectivity index (χ4n) is 2.64. The summed E-state index contributed by atoms with van der Waals surface area (Å²) in [6, 6.07) is 0. The quantitative estimate of drug-likeness (QED) is 0.824. The van der Waals surface area contributed by atoms with Crippen LogP contribution < -0.4 is 5.32 Å². The number of hydrogen-bond acceptors (Lipinski definition) is 4. The predicted octanol–water partition coefficient (Wildman–Crippen LogP) is 1.19. The molecule has 1 aromatic heterocycles. The number of hydrogen-bond donors (Lipinski definition) is 1. The lowest BCUT2D eigenvalue weighted by molar-refractivity contribution is -0.127. The van der Waals surface area contributed by atoms with Crippen molar-refractivity contribution < 1.29 is 4.79 Å². The van der Waals surface area contributed by atoms with E-state index in [1.165, 1.54) is 0 Å². The van der Waals surface area contributed by atoms with Crippen molar-refractivity contribution in [3.63, 3.8) is 0 Å². The van der Waals surface area contributed by atoms with Crippen molar-refractivity contribution in [1.82, 2.24) is 20.1 Å². The molecule has 1 aliphatic heterocycles. The van der Waals surface area contributed by atoms with Crippen LogP contribution in [-0.2, 0) is 17.8 Å². The average molecular weight is 250 g/mol. The molecule has 2 heterocycles. The minimum absolute atomic E-state index is 0.178. The lowest BCUT2D eigenvalue weighted by Crippen LogP contribution is -2.34. The summed E-state index contributed by atoms with van der Waals surface area (Å²) in [5.74, 6) is 1.11. The van der Waals surface area contributed by atoms with Gasteiger partial charge in [-0.2, -0.15) is 5.10 Å². The molecule has 1 saturated heterocycles. The third-order valence-electron chi connectivity index (χ3n) is 3.96. The van der Waals surface area contributed by atoms with E-state index in [-0.39, 0.29) is 5.41 Å². The summed E-state index contributed by atoms with van der Waals surface area (Å²) in [6.45, 7) is 6.79. The molecule has 18 heavy (non-hydrogen) atoms. The number of nitrogens with zero attached hydrogens (tertiary/aromatic N) is 3. The van der Waals surface area contributed by atoms with E-state index in [9.17, 15) is 4.79 Å². The summed E-state index contributed by atoms with van der Waals surface area (Å²) in [5.41, 5.74) is -0.178. The highest BCUT2D eigenvalue weighted by atomic mass is 16.1. The standard InChI is InChI=1S/C13H22N4O/c1-3-7-17-12(15-10-16-17)8-11(18)13(4-2)5-6-14-9-13/h10,14H,3-9H2,1-2H3. The third kappa shape index (κ3) is 2.46. The minimum Gasteiger partial charge on any atom is -0.316 e. The smallest absolute Gasteiger partial charge is 0.147 e. The Morgan fingerprint density at radius 3 is 3.00 bits per heavy atom. The van der Waals surface area contributed by atoms with Crippen LogP contribution in [0.4, 0.5) is 0 Å². The molecule has 1 unspecified atom stereocenters. The lowest BCUT2D eigenvalue weighted by atomic mass is 9.78. The Kier molecular flexibility index (Phi) is 4.11. The number of carbonyl (C=O) groups excluding carboxylic acids is 1. The molecule has 0 spiro atoms. The zero-order valence-electron chi connectivity index (χ0n) is 11.3. The van der Waals surface area contributed by atoms with E-state index in [0.717, 1.165) is 44.7 Å². The zero-order valence-corrected chi connectivity index (χ0v) is 11.3. The highest BCUT2D eigenvalue weighted by Crippen LogP contribution is 2.31. The molecule has 1 aliphatic rings. The van der Waals surface area contributed by atoms with Gasteiger partial charge in [-0.3, -0.25) is 4.79 Å². The number of ketones is 1. The van der Waals surface area contributed by atoms with Crippen molar-refractivity contribution in [2.24, 2.45) is 5.41 Å². The first-order valence-electron chi connectivity index (χ1n) is 6.82. The van der Waals surface area contributed by atoms with Crippen LogP contribution in [0.25, 0.3) is 0 Å². The van der Waals surface area contributed by atoms with Crippen LogP contribution in [-0.4, -0.2) is 33.6 Å². The van der Waals surface area contributed by atoms with Crippen LogP contribution in [0.3, 0.4) is 0 Å². The molecule has 0 bridgehead atoms. The second-order valence-electron chi connectivity index (χ2n) is 5.06. The van der Waals surface area contributed by atoms with Gasteiger partial charge in [0.25, 0.3) is 0 Å². The molecule has 0 amide bonds. The molecule has 100 valence electrons.